The molecule has 7 heteroatoms. The van der Waals surface area contributed by atoms with Crippen molar-refractivity contribution in [1.29, 1.82) is 0 Å². The lowest BCUT2D eigenvalue weighted by molar-refractivity contribution is -0.139. The summed E-state index contributed by atoms with van der Waals surface area (Å²) in [6, 6.07) is 13.7. The summed E-state index contributed by atoms with van der Waals surface area (Å²) in [4.78, 5) is 15.9. The van der Waals surface area contributed by atoms with Crippen molar-refractivity contribution in [1.82, 2.24) is 10.1 Å². The molecule has 0 aliphatic carbocycles. The fourth-order valence-corrected chi connectivity index (χ4v) is 2.38. The Balaban J connectivity index is 1.58. The van der Waals surface area contributed by atoms with Crippen molar-refractivity contribution >= 4 is 28.0 Å². The minimum atomic E-state index is -0.640. The van der Waals surface area contributed by atoms with E-state index in [0.717, 1.165) is 11.6 Å². The van der Waals surface area contributed by atoms with Gasteiger partial charge in [-0.05, 0) is 24.3 Å². The lowest BCUT2D eigenvalue weighted by Crippen LogP contribution is -2.01. The van der Waals surface area contributed by atoms with Crippen LogP contribution in [0.1, 0.15) is 11.5 Å². The molecule has 0 saturated heterocycles. The highest BCUT2D eigenvalue weighted by atomic mass is 79.9. The average Bonchev–Trinajstić information content (AvgIpc) is 3.10. The molecule has 5 nitrogen and oxygen atoms in total. The standard InChI is InChI=1S/C18H12BrFN2O3/c19-14-7-8-15(20)13(10-14)6-9-17(23)24-11-16-21-18(22-25-16)12-4-2-1-3-5-12/h1-10H,11H2/b9-6+. The van der Waals surface area contributed by atoms with E-state index in [1.54, 1.807) is 12.1 Å². The van der Waals surface area contributed by atoms with Gasteiger partial charge in [0.05, 0.1) is 0 Å². The molecule has 0 spiro atoms. The first-order chi connectivity index (χ1) is 12.1. The SMILES string of the molecule is O=C(/C=C/c1cc(Br)ccc1F)OCc1nc(-c2ccccc2)no1. The third-order valence-electron chi connectivity index (χ3n) is 3.19. The van der Waals surface area contributed by atoms with Crippen LogP contribution in [0, 0.1) is 5.82 Å². The Morgan fingerprint density at radius 3 is 2.84 bits per heavy atom. The zero-order valence-corrected chi connectivity index (χ0v) is 14.4. The van der Waals surface area contributed by atoms with Crippen molar-refractivity contribution in [3.63, 3.8) is 0 Å². The highest BCUT2D eigenvalue weighted by molar-refractivity contribution is 9.10. The van der Waals surface area contributed by atoms with E-state index in [0.29, 0.717) is 10.3 Å². The lowest BCUT2D eigenvalue weighted by atomic mass is 10.2. The van der Waals surface area contributed by atoms with E-state index in [1.807, 2.05) is 30.3 Å². The Labute approximate surface area is 151 Å². The highest BCUT2D eigenvalue weighted by Gasteiger charge is 2.10. The number of benzene rings is 2. The van der Waals surface area contributed by atoms with E-state index in [4.69, 9.17) is 9.26 Å². The maximum absolute atomic E-state index is 13.6. The first-order valence-electron chi connectivity index (χ1n) is 7.30. The van der Waals surface area contributed by atoms with Gasteiger partial charge in [-0.2, -0.15) is 4.98 Å². The second-order valence-corrected chi connectivity index (χ2v) is 5.90. The van der Waals surface area contributed by atoms with Crippen LogP contribution in [0.25, 0.3) is 17.5 Å². The number of esters is 1. The molecule has 0 radical (unpaired) electrons. The summed E-state index contributed by atoms with van der Waals surface area (Å²) < 4.78 is 24.3. The third-order valence-corrected chi connectivity index (χ3v) is 3.69. The van der Waals surface area contributed by atoms with E-state index in [9.17, 15) is 9.18 Å². The second kappa shape index (κ2) is 7.85. The molecule has 1 heterocycles. The van der Waals surface area contributed by atoms with E-state index < -0.39 is 11.8 Å². The molecule has 3 rings (SSSR count). The second-order valence-electron chi connectivity index (χ2n) is 4.98. The van der Waals surface area contributed by atoms with Crippen LogP contribution in [0.2, 0.25) is 0 Å². The summed E-state index contributed by atoms with van der Waals surface area (Å²) in [6.45, 7) is -0.163. The number of hydrogen-bond acceptors (Lipinski definition) is 5. The molecule has 0 N–H and O–H groups in total. The van der Waals surface area contributed by atoms with Crippen LogP contribution in [0.3, 0.4) is 0 Å². The molecule has 0 saturated carbocycles. The van der Waals surface area contributed by atoms with Gasteiger partial charge in [0.2, 0.25) is 5.82 Å². The first kappa shape index (κ1) is 17.0. The molecule has 0 atom stereocenters. The monoisotopic (exact) mass is 402 g/mol. The predicted molar refractivity (Wildman–Crippen MR) is 92.7 cm³/mol. The van der Waals surface area contributed by atoms with Crippen molar-refractivity contribution in [2.75, 3.05) is 0 Å². The van der Waals surface area contributed by atoms with Crippen LogP contribution >= 0.6 is 15.9 Å². The largest absolute Gasteiger partial charge is 0.452 e. The number of hydrogen-bond donors (Lipinski definition) is 0. The molecule has 0 bridgehead atoms. The minimum Gasteiger partial charge on any atom is -0.452 e. The molecule has 0 aliphatic rings. The summed E-state index contributed by atoms with van der Waals surface area (Å²) in [6.07, 6.45) is 2.48. The number of rotatable bonds is 5. The predicted octanol–water partition coefficient (Wildman–Crippen LogP) is 4.39. The zero-order chi connectivity index (χ0) is 17.6. The van der Waals surface area contributed by atoms with Crippen molar-refractivity contribution < 1.29 is 18.4 Å². The van der Waals surface area contributed by atoms with Gasteiger partial charge in [0.15, 0.2) is 6.61 Å². The highest BCUT2D eigenvalue weighted by Crippen LogP contribution is 2.17. The molecule has 25 heavy (non-hydrogen) atoms. The fourth-order valence-electron chi connectivity index (χ4n) is 2.00. The summed E-state index contributed by atoms with van der Waals surface area (Å²) in [7, 11) is 0. The molecule has 0 fully saturated rings. The van der Waals surface area contributed by atoms with Crippen molar-refractivity contribution in [2.45, 2.75) is 6.61 Å². The number of carbonyl (C=O) groups excluding carboxylic acids is 1. The molecule has 126 valence electrons. The average molecular weight is 403 g/mol. The number of nitrogens with zero attached hydrogens (tertiary/aromatic N) is 2. The maximum Gasteiger partial charge on any atom is 0.331 e. The Hall–Kier alpha value is -2.80. The maximum atomic E-state index is 13.6. The summed E-state index contributed by atoms with van der Waals surface area (Å²) in [5, 5.41) is 3.83. The fraction of sp³-hybridized carbons (Fsp3) is 0.0556. The van der Waals surface area contributed by atoms with Gasteiger partial charge < -0.3 is 9.26 Å². The first-order valence-corrected chi connectivity index (χ1v) is 8.09. The molecule has 2 aromatic carbocycles. The van der Waals surface area contributed by atoms with Gasteiger partial charge in [-0.3, -0.25) is 0 Å². The number of ether oxygens (including phenoxy) is 1. The van der Waals surface area contributed by atoms with E-state index in [1.165, 1.54) is 12.1 Å². The molecule has 3 aromatic rings. The van der Waals surface area contributed by atoms with Crippen LogP contribution in [0.15, 0.2) is 63.6 Å². The van der Waals surface area contributed by atoms with Gasteiger partial charge in [-0.15, -0.1) is 0 Å². The minimum absolute atomic E-state index is 0.163. The molecule has 0 amide bonds. The number of halogens is 2. The van der Waals surface area contributed by atoms with E-state index in [2.05, 4.69) is 26.1 Å². The number of carbonyl (C=O) groups is 1. The van der Waals surface area contributed by atoms with Gasteiger partial charge in [-0.1, -0.05) is 51.4 Å². The Morgan fingerprint density at radius 2 is 2.04 bits per heavy atom. The Bertz CT molecular complexity index is 910. The number of aromatic nitrogens is 2. The van der Waals surface area contributed by atoms with Gasteiger partial charge in [-0.25, -0.2) is 9.18 Å². The van der Waals surface area contributed by atoms with Crippen LogP contribution in [-0.2, 0) is 16.1 Å². The van der Waals surface area contributed by atoms with Crippen LogP contribution < -0.4 is 0 Å². The van der Waals surface area contributed by atoms with Crippen LogP contribution in [-0.4, -0.2) is 16.1 Å². The van der Waals surface area contributed by atoms with Gasteiger partial charge in [0, 0.05) is 21.7 Å². The van der Waals surface area contributed by atoms with E-state index in [-0.39, 0.29) is 18.1 Å². The molecule has 1 aromatic heterocycles. The quantitative estimate of drug-likeness (QED) is 0.467. The molecular formula is C18H12BrFN2O3. The van der Waals surface area contributed by atoms with Gasteiger partial charge in [0.25, 0.3) is 5.89 Å². The zero-order valence-electron chi connectivity index (χ0n) is 12.9. The topological polar surface area (TPSA) is 65.2 Å². The summed E-state index contributed by atoms with van der Waals surface area (Å²) in [5.74, 6) is -0.483. The smallest absolute Gasteiger partial charge is 0.331 e. The lowest BCUT2D eigenvalue weighted by Gasteiger charge is -1.99. The van der Waals surface area contributed by atoms with Crippen molar-refractivity contribution in [2.24, 2.45) is 0 Å². The Kier molecular flexibility index (Phi) is 5.35. The molecule has 0 aliphatic heterocycles. The van der Waals surface area contributed by atoms with Crippen molar-refractivity contribution in [3.05, 3.63) is 76.4 Å². The van der Waals surface area contributed by atoms with Gasteiger partial charge in [0.1, 0.15) is 5.82 Å². The Morgan fingerprint density at radius 1 is 1.24 bits per heavy atom. The summed E-state index contributed by atoms with van der Waals surface area (Å²) >= 11 is 3.24. The van der Waals surface area contributed by atoms with Crippen LogP contribution in [0.5, 0.6) is 0 Å². The van der Waals surface area contributed by atoms with Crippen molar-refractivity contribution in [3.8, 4) is 11.4 Å². The van der Waals surface area contributed by atoms with E-state index >= 15 is 0 Å². The van der Waals surface area contributed by atoms with Crippen LogP contribution in [0.4, 0.5) is 4.39 Å². The summed E-state index contributed by atoms with van der Waals surface area (Å²) in [5.41, 5.74) is 1.07. The molecule has 0 unspecified atom stereocenters. The normalized spacial score (nSPS) is 11.0. The molecular weight excluding hydrogens is 391 g/mol. The third kappa shape index (κ3) is 4.60. The van der Waals surface area contributed by atoms with Gasteiger partial charge >= 0.3 is 5.97 Å².